The summed E-state index contributed by atoms with van der Waals surface area (Å²) in [6.07, 6.45) is 2.50. The number of nitrogens with one attached hydrogen (secondary N) is 1. The number of hydrogen-bond acceptors (Lipinski definition) is 4. The quantitative estimate of drug-likeness (QED) is 0.741. The van der Waals surface area contributed by atoms with E-state index in [1.807, 2.05) is 26.0 Å². The molecule has 7 heteroatoms. The standard InChI is InChI=1S/C14H12N4O3/c1-7-3-8(2)11-10(4-7)16-14(17-12(11)19)18-6-9(5-15-18)13(20)21/h3-6H,1-2H3,(H,20,21)(H,16,17,19). The summed E-state index contributed by atoms with van der Waals surface area (Å²) in [5.41, 5.74) is 2.14. The fraction of sp³-hybridized carbons (Fsp3) is 0.143. The minimum Gasteiger partial charge on any atom is -0.478 e. The number of aromatic amines is 1. The first kappa shape index (κ1) is 13.0. The Hall–Kier alpha value is -2.96. The summed E-state index contributed by atoms with van der Waals surface area (Å²) in [7, 11) is 0. The van der Waals surface area contributed by atoms with E-state index in [0.717, 1.165) is 11.1 Å². The average Bonchev–Trinajstić information content (AvgIpc) is 2.86. The number of benzene rings is 1. The molecule has 3 rings (SSSR count). The van der Waals surface area contributed by atoms with Crippen LogP contribution < -0.4 is 5.56 Å². The SMILES string of the molecule is Cc1cc(C)c2c(=O)[nH]c(-n3cc(C(=O)O)cn3)nc2c1. The van der Waals surface area contributed by atoms with E-state index in [2.05, 4.69) is 15.1 Å². The number of fused-ring (bicyclic) bond motifs is 1. The predicted molar refractivity (Wildman–Crippen MR) is 75.9 cm³/mol. The van der Waals surface area contributed by atoms with E-state index in [4.69, 9.17) is 5.11 Å². The molecule has 2 N–H and O–H groups in total. The first-order valence-corrected chi connectivity index (χ1v) is 6.25. The molecule has 106 valence electrons. The smallest absolute Gasteiger partial charge is 0.338 e. The van der Waals surface area contributed by atoms with Crippen molar-refractivity contribution in [1.29, 1.82) is 0 Å². The minimum atomic E-state index is -1.09. The molecule has 2 aromatic heterocycles. The molecular weight excluding hydrogens is 272 g/mol. The Morgan fingerprint density at radius 2 is 2.10 bits per heavy atom. The molecule has 0 spiro atoms. The third-order valence-corrected chi connectivity index (χ3v) is 3.18. The van der Waals surface area contributed by atoms with Crippen LogP contribution in [0.3, 0.4) is 0 Å². The van der Waals surface area contributed by atoms with Crippen molar-refractivity contribution in [1.82, 2.24) is 19.7 Å². The van der Waals surface area contributed by atoms with Crippen molar-refractivity contribution in [2.24, 2.45) is 0 Å². The van der Waals surface area contributed by atoms with Crippen molar-refractivity contribution in [3.8, 4) is 5.95 Å². The topological polar surface area (TPSA) is 101 Å². The predicted octanol–water partition coefficient (Wildman–Crippen LogP) is 1.42. The van der Waals surface area contributed by atoms with Gasteiger partial charge in [-0.05, 0) is 31.0 Å². The van der Waals surface area contributed by atoms with Crippen LogP contribution in [0.4, 0.5) is 0 Å². The lowest BCUT2D eigenvalue weighted by atomic mass is 10.1. The molecule has 0 amide bonds. The fourth-order valence-corrected chi connectivity index (χ4v) is 2.29. The Morgan fingerprint density at radius 1 is 1.33 bits per heavy atom. The summed E-state index contributed by atoms with van der Waals surface area (Å²) in [5, 5.41) is 13.3. The Labute approximate surface area is 118 Å². The number of aromatic nitrogens is 4. The molecule has 3 aromatic rings. The van der Waals surface area contributed by atoms with E-state index < -0.39 is 5.97 Å². The number of carbonyl (C=O) groups is 1. The number of nitrogens with zero attached hydrogens (tertiary/aromatic N) is 3. The van der Waals surface area contributed by atoms with Gasteiger partial charge in [-0.25, -0.2) is 14.5 Å². The minimum absolute atomic E-state index is 0.0261. The summed E-state index contributed by atoms with van der Waals surface area (Å²) in [6, 6.07) is 3.72. The molecule has 2 heterocycles. The molecule has 0 aliphatic rings. The van der Waals surface area contributed by atoms with Gasteiger partial charge in [-0.1, -0.05) is 6.07 Å². The van der Waals surface area contributed by atoms with Gasteiger partial charge in [0, 0.05) is 6.20 Å². The van der Waals surface area contributed by atoms with Crippen LogP contribution in [0.5, 0.6) is 0 Å². The Balaban J connectivity index is 2.24. The first-order valence-electron chi connectivity index (χ1n) is 6.25. The van der Waals surface area contributed by atoms with E-state index in [1.165, 1.54) is 17.1 Å². The van der Waals surface area contributed by atoms with Gasteiger partial charge in [0.1, 0.15) is 0 Å². The number of carboxylic acid groups (broad SMARTS) is 1. The van der Waals surface area contributed by atoms with Crippen LogP contribution in [0.25, 0.3) is 16.9 Å². The van der Waals surface area contributed by atoms with Crippen LogP contribution in [0, 0.1) is 13.8 Å². The molecule has 0 saturated carbocycles. The van der Waals surface area contributed by atoms with Crippen LogP contribution in [0.15, 0.2) is 29.3 Å². The maximum atomic E-state index is 12.2. The monoisotopic (exact) mass is 284 g/mol. The highest BCUT2D eigenvalue weighted by atomic mass is 16.4. The van der Waals surface area contributed by atoms with Gasteiger partial charge in [0.05, 0.1) is 22.7 Å². The third kappa shape index (κ3) is 2.18. The van der Waals surface area contributed by atoms with E-state index in [1.54, 1.807) is 0 Å². The van der Waals surface area contributed by atoms with Crippen molar-refractivity contribution < 1.29 is 9.90 Å². The van der Waals surface area contributed by atoms with Crippen molar-refractivity contribution in [3.05, 3.63) is 51.6 Å². The molecule has 0 bridgehead atoms. The van der Waals surface area contributed by atoms with Crippen LogP contribution in [-0.2, 0) is 0 Å². The summed E-state index contributed by atoms with van der Waals surface area (Å²) in [4.78, 5) is 30.0. The number of aryl methyl sites for hydroxylation is 2. The number of carboxylic acids is 1. The molecule has 0 unspecified atom stereocenters. The van der Waals surface area contributed by atoms with E-state index in [0.29, 0.717) is 10.9 Å². The molecule has 0 aliphatic carbocycles. The second kappa shape index (κ2) is 4.55. The van der Waals surface area contributed by atoms with E-state index in [-0.39, 0.29) is 17.1 Å². The summed E-state index contributed by atoms with van der Waals surface area (Å²) >= 11 is 0. The van der Waals surface area contributed by atoms with Crippen LogP contribution in [-0.4, -0.2) is 30.8 Å². The highest BCUT2D eigenvalue weighted by Crippen LogP contribution is 2.16. The molecular formula is C14H12N4O3. The molecule has 0 atom stereocenters. The Morgan fingerprint density at radius 3 is 2.76 bits per heavy atom. The number of rotatable bonds is 2. The molecule has 7 nitrogen and oxygen atoms in total. The van der Waals surface area contributed by atoms with Crippen molar-refractivity contribution in [3.63, 3.8) is 0 Å². The lowest BCUT2D eigenvalue weighted by Crippen LogP contribution is -2.15. The van der Waals surface area contributed by atoms with Crippen LogP contribution in [0.1, 0.15) is 21.5 Å². The van der Waals surface area contributed by atoms with Gasteiger partial charge in [-0.15, -0.1) is 0 Å². The Kier molecular flexibility index (Phi) is 2.83. The lowest BCUT2D eigenvalue weighted by Gasteiger charge is -2.05. The second-order valence-corrected chi connectivity index (χ2v) is 4.84. The molecule has 0 saturated heterocycles. The largest absolute Gasteiger partial charge is 0.478 e. The molecule has 0 fully saturated rings. The van der Waals surface area contributed by atoms with Gasteiger partial charge >= 0.3 is 5.97 Å². The summed E-state index contributed by atoms with van der Waals surface area (Å²) in [6.45, 7) is 3.77. The number of H-pyrrole nitrogens is 1. The molecule has 1 aromatic carbocycles. The lowest BCUT2D eigenvalue weighted by molar-refractivity contribution is 0.0697. The van der Waals surface area contributed by atoms with Gasteiger partial charge in [0.2, 0.25) is 5.95 Å². The van der Waals surface area contributed by atoms with Gasteiger partial charge < -0.3 is 5.11 Å². The zero-order valence-electron chi connectivity index (χ0n) is 11.4. The first-order chi connectivity index (χ1) is 9.95. The van der Waals surface area contributed by atoms with Gasteiger partial charge in [0.15, 0.2) is 0 Å². The van der Waals surface area contributed by atoms with E-state index >= 15 is 0 Å². The highest BCUT2D eigenvalue weighted by molar-refractivity contribution is 5.87. The summed E-state index contributed by atoms with van der Waals surface area (Å²) < 4.78 is 1.24. The highest BCUT2D eigenvalue weighted by Gasteiger charge is 2.11. The fourth-order valence-electron chi connectivity index (χ4n) is 2.29. The van der Waals surface area contributed by atoms with Gasteiger partial charge in [0.25, 0.3) is 5.56 Å². The van der Waals surface area contributed by atoms with Crippen molar-refractivity contribution >= 4 is 16.9 Å². The van der Waals surface area contributed by atoms with Gasteiger partial charge in [-0.3, -0.25) is 9.78 Å². The van der Waals surface area contributed by atoms with Crippen LogP contribution >= 0.6 is 0 Å². The zero-order chi connectivity index (χ0) is 15.1. The maximum Gasteiger partial charge on any atom is 0.338 e. The average molecular weight is 284 g/mol. The third-order valence-electron chi connectivity index (χ3n) is 3.18. The zero-order valence-corrected chi connectivity index (χ0v) is 11.4. The normalized spacial score (nSPS) is 11.0. The number of hydrogen-bond donors (Lipinski definition) is 2. The van der Waals surface area contributed by atoms with E-state index in [9.17, 15) is 9.59 Å². The Bertz CT molecular complexity index is 924. The van der Waals surface area contributed by atoms with Gasteiger partial charge in [-0.2, -0.15) is 5.10 Å². The molecule has 21 heavy (non-hydrogen) atoms. The van der Waals surface area contributed by atoms with Crippen LogP contribution in [0.2, 0.25) is 0 Å². The number of aromatic carboxylic acids is 1. The molecule has 0 aliphatic heterocycles. The summed E-state index contributed by atoms with van der Waals surface area (Å²) in [5.74, 6) is -0.902. The maximum absolute atomic E-state index is 12.2. The second-order valence-electron chi connectivity index (χ2n) is 4.84. The van der Waals surface area contributed by atoms with Crippen molar-refractivity contribution in [2.45, 2.75) is 13.8 Å². The molecule has 0 radical (unpaired) electrons. The van der Waals surface area contributed by atoms with Crippen molar-refractivity contribution in [2.75, 3.05) is 0 Å².